The van der Waals surface area contributed by atoms with Crippen molar-refractivity contribution >= 4 is 5.78 Å². The van der Waals surface area contributed by atoms with E-state index in [1.807, 2.05) is 0 Å². The second-order valence-electron chi connectivity index (χ2n) is 5.57. The van der Waals surface area contributed by atoms with E-state index in [2.05, 4.69) is 18.9 Å². The van der Waals surface area contributed by atoms with E-state index in [1.165, 1.54) is 32.1 Å². The minimum Gasteiger partial charge on any atom is -0.303 e. The molecule has 0 aromatic rings. The highest BCUT2D eigenvalue weighted by molar-refractivity contribution is 5.75. The van der Waals surface area contributed by atoms with Crippen LogP contribution in [0.2, 0.25) is 0 Å². The van der Waals surface area contributed by atoms with E-state index >= 15 is 0 Å². The first-order valence-corrected chi connectivity index (χ1v) is 6.79. The zero-order valence-corrected chi connectivity index (χ0v) is 11.2. The summed E-state index contributed by atoms with van der Waals surface area (Å²) in [7, 11) is 2.25. The van der Waals surface area contributed by atoms with Gasteiger partial charge in [-0.2, -0.15) is 0 Å². The van der Waals surface area contributed by atoms with Crippen molar-refractivity contribution in [3.63, 3.8) is 0 Å². The fourth-order valence-corrected chi connectivity index (χ4v) is 2.72. The van der Waals surface area contributed by atoms with Crippen molar-refractivity contribution < 1.29 is 4.79 Å². The van der Waals surface area contributed by atoms with Crippen LogP contribution in [-0.2, 0) is 4.79 Å². The van der Waals surface area contributed by atoms with Gasteiger partial charge in [0.15, 0.2) is 0 Å². The molecular formula is C14H27NO. The van der Waals surface area contributed by atoms with E-state index < -0.39 is 0 Å². The van der Waals surface area contributed by atoms with Gasteiger partial charge in [-0.25, -0.2) is 0 Å². The summed E-state index contributed by atoms with van der Waals surface area (Å²) in [5, 5.41) is 0. The topological polar surface area (TPSA) is 20.3 Å². The summed E-state index contributed by atoms with van der Waals surface area (Å²) in [5.41, 5.74) is 0. The van der Waals surface area contributed by atoms with Crippen LogP contribution in [0.5, 0.6) is 0 Å². The van der Waals surface area contributed by atoms with Crippen LogP contribution >= 0.6 is 0 Å². The lowest BCUT2D eigenvalue weighted by Crippen LogP contribution is -2.36. The van der Waals surface area contributed by atoms with Gasteiger partial charge in [-0.1, -0.05) is 19.8 Å². The molecule has 0 aromatic heterocycles. The van der Waals surface area contributed by atoms with Gasteiger partial charge in [0.25, 0.3) is 0 Å². The van der Waals surface area contributed by atoms with Crippen molar-refractivity contribution in [3.8, 4) is 0 Å². The molecule has 16 heavy (non-hydrogen) atoms. The molecule has 0 spiro atoms. The molecular weight excluding hydrogens is 198 g/mol. The Bertz CT molecular complexity index is 215. The largest absolute Gasteiger partial charge is 0.303 e. The van der Waals surface area contributed by atoms with Crippen LogP contribution in [0.1, 0.15) is 58.8 Å². The number of Topliss-reactive ketones (excluding diaryl/α,β-unsaturated/α-hetero) is 1. The molecule has 0 radical (unpaired) electrons. The summed E-state index contributed by atoms with van der Waals surface area (Å²) in [6, 6.07) is 0.793. The van der Waals surface area contributed by atoms with Crippen LogP contribution in [0.4, 0.5) is 0 Å². The molecule has 94 valence electrons. The predicted octanol–water partition coefficient (Wildman–Crippen LogP) is 3.26. The summed E-state index contributed by atoms with van der Waals surface area (Å²) < 4.78 is 0. The van der Waals surface area contributed by atoms with Crippen LogP contribution in [-0.4, -0.2) is 30.3 Å². The SMILES string of the molecule is CC(=O)CCCCN(C)C1CCCC(C)C1. The first kappa shape index (κ1) is 13.7. The molecule has 1 rings (SSSR count). The first-order valence-electron chi connectivity index (χ1n) is 6.79. The Morgan fingerprint density at radius 3 is 2.69 bits per heavy atom. The second kappa shape index (κ2) is 7.05. The molecule has 1 aliphatic rings. The molecule has 1 aliphatic carbocycles. The number of ketones is 1. The van der Waals surface area contributed by atoms with E-state index in [-0.39, 0.29) is 0 Å². The average molecular weight is 225 g/mol. The Morgan fingerprint density at radius 1 is 1.31 bits per heavy atom. The quantitative estimate of drug-likeness (QED) is 0.647. The highest BCUT2D eigenvalue weighted by atomic mass is 16.1. The van der Waals surface area contributed by atoms with Gasteiger partial charge in [-0.15, -0.1) is 0 Å². The first-order chi connectivity index (χ1) is 7.59. The lowest BCUT2D eigenvalue weighted by Gasteiger charge is -2.34. The summed E-state index contributed by atoms with van der Waals surface area (Å²) >= 11 is 0. The van der Waals surface area contributed by atoms with Crippen molar-refractivity contribution in [2.75, 3.05) is 13.6 Å². The van der Waals surface area contributed by atoms with E-state index in [0.717, 1.165) is 31.3 Å². The number of hydrogen-bond donors (Lipinski definition) is 0. The third kappa shape index (κ3) is 5.11. The van der Waals surface area contributed by atoms with Crippen LogP contribution < -0.4 is 0 Å². The van der Waals surface area contributed by atoms with Gasteiger partial charge in [0.1, 0.15) is 5.78 Å². The highest BCUT2D eigenvalue weighted by Crippen LogP contribution is 2.26. The van der Waals surface area contributed by atoms with E-state index in [0.29, 0.717) is 5.78 Å². The third-order valence-corrected chi connectivity index (χ3v) is 3.82. The normalized spacial score (nSPS) is 26.0. The van der Waals surface area contributed by atoms with Gasteiger partial charge in [-0.05, 0) is 52.1 Å². The maximum atomic E-state index is 10.8. The zero-order valence-electron chi connectivity index (χ0n) is 11.2. The Kier molecular flexibility index (Phi) is 6.04. The number of carbonyl (C=O) groups is 1. The lowest BCUT2D eigenvalue weighted by molar-refractivity contribution is -0.117. The molecule has 1 saturated carbocycles. The van der Waals surface area contributed by atoms with Crippen molar-refractivity contribution in [3.05, 3.63) is 0 Å². The molecule has 2 atom stereocenters. The van der Waals surface area contributed by atoms with Crippen molar-refractivity contribution in [2.45, 2.75) is 64.8 Å². The zero-order chi connectivity index (χ0) is 12.0. The summed E-state index contributed by atoms with van der Waals surface area (Å²) in [6.07, 6.45) is 8.52. The summed E-state index contributed by atoms with van der Waals surface area (Å²) in [5.74, 6) is 1.23. The van der Waals surface area contributed by atoms with Gasteiger partial charge < -0.3 is 9.69 Å². The number of carbonyl (C=O) groups excluding carboxylic acids is 1. The van der Waals surface area contributed by atoms with Crippen molar-refractivity contribution in [1.29, 1.82) is 0 Å². The molecule has 2 nitrogen and oxygen atoms in total. The molecule has 0 aliphatic heterocycles. The highest BCUT2D eigenvalue weighted by Gasteiger charge is 2.21. The van der Waals surface area contributed by atoms with Gasteiger partial charge in [0.2, 0.25) is 0 Å². The van der Waals surface area contributed by atoms with Gasteiger partial charge >= 0.3 is 0 Å². The van der Waals surface area contributed by atoms with E-state index in [4.69, 9.17) is 0 Å². The van der Waals surface area contributed by atoms with Crippen LogP contribution in [0.25, 0.3) is 0 Å². The van der Waals surface area contributed by atoms with Gasteiger partial charge in [0.05, 0.1) is 0 Å². The maximum absolute atomic E-state index is 10.8. The fraction of sp³-hybridized carbons (Fsp3) is 0.929. The van der Waals surface area contributed by atoms with E-state index in [9.17, 15) is 4.79 Å². The van der Waals surface area contributed by atoms with Gasteiger partial charge in [0, 0.05) is 12.5 Å². The maximum Gasteiger partial charge on any atom is 0.129 e. The Morgan fingerprint density at radius 2 is 2.06 bits per heavy atom. The molecule has 0 saturated heterocycles. The molecule has 0 heterocycles. The molecule has 1 fully saturated rings. The minimum atomic E-state index is 0.328. The number of nitrogens with zero attached hydrogens (tertiary/aromatic N) is 1. The van der Waals surface area contributed by atoms with E-state index in [1.54, 1.807) is 6.92 Å². The molecule has 0 aromatic carbocycles. The van der Waals surface area contributed by atoms with Crippen LogP contribution in [0.15, 0.2) is 0 Å². The molecule has 0 N–H and O–H groups in total. The Balaban J connectivity index is 2.13. The standard InChI is InChI=1S/C14H27NO/c1-12-7-6-9-14(11-12)15(3)10-5-4-8-13(2)16/h12,14H,4-11H2,1-3H3. The smallest absolute Gasteiger partial charge is 0.129 e. The molecule has 2 unspecified atom stereocenters. The molecule has 0 amide bonds. The molecule has 2 heteroatoms. The summed E-state index contributed by atoms with van der Waals surface area (Å²) in [4.78, 5) is 13.3. The Labute approximate surface area is 100 Å². The van der Waals surface area contributed by atoms with Crippen LogP contribution in [0.3, 0.4) is 0 Å². The van der Waals surface area contributed by atoms with Crippen molar-refractivity contribution in [2.24, 2.45) is 5.92 Å². The van der Waals surface area contributed by atoms with Crippen LogP contribution in [0, 0.1) is 5.92 Å². The monoisotopic (exact) mass is 225 g/mol. The second-order valence-corrected chi connectivity index (χ2v) is 5.57. The predicted molar refractivity (Wildman–Crippen MR) is 68.6 cm³/mol. The lowest BCUT2D eigenvalue weighted by atomic mass is 9.86. The summed E-state index contributed by atoms with van der Waals surface area (Å²) in [6.45, 7) is 5.22. The Hall–Kier alpha value is -0.370. The number of hydrogen-bond acceptors (Lipinski definition) is 2. The minimum absolute atomic E-state index is 0.328. The number of unbranched alkanes of at least 4 members (excludes halogenated alkanes) is 1. The van der Waals surface area contributed by atoms with Gasteiger partial charge in [-0.3, -0.25) is 0 Å². The third-order valence-electron chi connectivity index (χ3n) is 3.82. The van der Waals surface area contributed by atoms with Crippen molar-refractivity contribution in [1.82, 2.24) is 4.90 Å². The average Bonchev–Trinajstić information content (AvgIpc) is 2.24. The molecule has 0 bridgehead atoms. The number of rotatable bonds is 6. The fourth-order valence-electron chi connectivity index (χ4n) is 2.72.